The molecule has 2 aliphatic rings. The van der Waals surface area contributed by atoms with E-state index in [1.807, 2.05) is 18.5 Å². The molecule has 0 spiro atoms. The molecule has 3 atom stereocenters. The highest BCUT2D eigenvalue weighted by atomic mass is 79.9. The van der Waals surface area contributed by atoms with Crippen LogP contribution in [0.25, 0.3) is 0 Å². The van der Waals surface area contributed by atoms with Crippen LogP contribution in [0.1, 0.15) is 19.3 Å². The van der Waals surface area contributed by atoms with Crippen LogP contribution in [-0.4, -0.2) is 11.0 Å². The molecule has 2 nitrogen and oxygen atoms in total. The van der Waals surface area contributed by atoms with Crippen molar-refractivity contribution in [2.24, 2.45) is 11.8 Å². The summed E-state index contributed by atoms with van der Waals surface area (Å²) in [5.74, 6) is 1.99. The van der Waals surface area contributed by atoms with Gasteiger partial charge in [-0.3, -0.25) is 4.98 Å². The number of aromatic nitrogens is 1. The second kappa shape index (κ2) is 3.23. The van der Waals surface area contributed by atoms with Crippen molar-refractivity contribution in [3.05, 3.63) is 22.9 Å². The SMILES string of the molecule is Brc1cnccc1NC1CCC2CC21. The van der Waals surface area contributed by atoms with Crippen LogP contribution >= 0.6 is 15.9 Å². The Kier molecular flexibility index (Phi) is 2.01. The lowest BCUT2D eigenvalue weighted by atomic mass is 10.1. The lowest BCUT2D eigenvalue weighted by Gasteiger charge is -2.16. The maximum Gasteiger partial charge on any atom is 0.0590 e. The third-order valence-electron chi connectivity index (χ3n) is 3.46. The van der Waals surface area contributed by atoms with E-state index in [9.17, 15) is 0 Å². The minimum atomic E-state index is 0.707. The average molecular weight is 253 g/mol. The van der Waals surface area contributed by atoms with E-state index in [1.54, 1.807) is 0 Å². The van der Waals surface area contributed by atoms with Crippen molar-refractivity contribution in [1.82, 2.24) is 4.98 Å². The van der Waals surface area contributed by atoms with Gasteiger partial charge in [-0.15, -0.1) is 0 Å². The molecule has 0 amide bonds. The summed E-state index contributed by atoms with van der Waals surface area (Å²) in [7, 11) is 0. The fraction of sp³-hybridized carbons (Fsp3) is 0.545. The Morgan fingerprint density at radius 1 is 1.43 bits per heavy atom. The van der Waals surface area contributed by atoms with Crippen LogP contribution in [0.4, 0.5) is 5.69 Å². The third kappa shape index (κ3) is 1.44. The maximum atomic E-state index is 4.06. The first-order valence-corrected chi connectivity index (χ1v) is 6.00. The smallest absolute Gasteiger partial charge is 0.0590 e. The summed E-state index contributed by atoms with van der Waals surface area (Å²) in [4.78, 5) is 4.06. The zero-order chi connectivity index (χ0) is 9.54. The Morgan fingerprint density at radius 2 is 2.36 bits per heavy atom. The number of rotatable bonds is 2. The maximum absolute atomic E-state index is 4.06. The number of nitrogens with zero attached hydrogens (tertiary/aromatic N) is 1. The lowest BCUT2D eigenvalue weighted by Crippen LogP contribution is -2.19. The summed E-state index contributed by atoms with van der Waals surface area (Å²) in [5.41, 5.74) is 1.19. The molecule has 0 radical (unpaired) electrons. The Balaban J connectivity index is 1.74. The highest BCUT2D eigenvalue weighted by molar-refractivity contribution is 9.10. The van der Waals surface area contributed by atoms with Crippen molar-refractivity contribution in [2.45, 2.75) is 25.3 Å². The quantitative estimate of drug-likeness (QED) is 0.876. The summed E-state index contributed by atoms with van der Waals surface area (Å²) in [6.07, 6.45) is 7.89. The van der Waals surface area contributed by atoms with E-state index in [2.05, 4.69) is 26.2 Å². The normalized spacial score (nSPS) is 33.9. The standard InChI is InChI=1S/C11H13BrN2/c12-9-6-13-4-3-11(9)14-10-2-1-7-5-8(7)10/h3-4,6-8,10H,1-2,5H2,(H,13,14). The van der Waals surface area contributed by atoms with Gasteiger partial charge in [0.25, 0.3) is 0 Å². The summed E-state index contributed by atoms with van der Waals surface area (Å²) in [5, 5.41) is 3.61. The van der Waals surface area contributed by atoms with Gasteiger partial charge in [0.05, 0.1) is 10.2 Å². The molecule has 3 heteroatoms. The van der Waals surface area contributed by atoms with E-state index in [4.69, 9.17) is 0 Å². The molecule has 0 saturated heterocycles. The molecule has 14 heavy (non-hydrogen) atoms. The zero-order valence-corrected chi connectivity index (χ0v) is 9.50. The van der Waals surface area contributed by atoms with Gasteiger partial charge < -0.3 is 5.32 Å². The van der Waals surface area contributed by atoms with Gasteiger partial charge in [0.15, 0.2) is 0 Å². The summed E-state index contributed by atoms with van der Waals surface area (Å²) < 4.78 is 1.07. The Labute approximate surface area is 92.2 Å². The second-order valence-corrected chi connectivity index (χ2v) is 5.20. The molecule has 1 heterocycles. The predicted octanol–water partition coefficient (Wildman–Crippen LogP) is 3.05. The highest BCUT2D eigenvalue weighted by Crippen LogP contribution is 2.52. The van der Waals surface area contributed by atoms with Crippen LogP contribution in [-0.2, 0) is 0 Å². The van der Waals surface area contributed by atoms with Crippen LogP contribution in [0.3, 0.4) is 0 Å². The van der Waals surface area contributed by atoms with Crippen molar-refractivity contribution in [2.75, 3.05) is 5.32 Å². The largest absolute Gasteiger partial charge is 0.381 e. The molecule has 1 aromatic heterocycles. The van der Waals surface area contributed by atoms with Gasteiger partial charge in [-0.25, -0.2) is 0 Å². The van der Waals surface area contributed by atoms with Gasteiger partial charge in [-0.05, 0) is 53.1 Å². The molecule has 2 saturated carbocycles. The molecule has 1 N–H and O–H groups in total. The van der Waals surface area contributed by atoms with Gasteiger partial charge in [0, 0.05) is 18.4 Å². The van der Waals surface area contributed by atoms with Crippen molar-refractivity contribution in [3.8, 4) is 0 Å². The number of nitrogens with one attached hydrogen (secondary N) is 1. The van der Waals surface area contributed by atoms with E-state index in [0.717, 1.165) is 16.3 Å². The lowest BCUT2D eigenvalue weighted by molar-refractivity contribution is 0.654. The van der Waals surface area contributed by atoms with Crippen molar-refractivity contribution in [3.63, 3.8) is 0 Å². The third-order valence-corrected chi connectivity index (χ3v) is 4.09. The fourth-order valence-corrected chi connectivity index (χ4v) is 2.94. The van der Waals surface area contributed by atoms with Crippen LogP contribution in [0.2, 0.25) is 0 Å². The number of fused-ring (bicyclic) bond motifs is 1. The number of hydrogen-bond acceptors (Lipinski definition) is 2. The first-order chi connectivity index (χ1) is 6.84. The second-order valence-electron chi connectivity index (χ2n) is 4.34. The van der Waals surface area contributed by atoms with Gasteiger partial charge in [-0.2, -0.15) is 0 Å². The topological polar surface area (TPSA) is 24.9 Å². The van der Waals surface area contributed by atoms with Crippen LogP contribution < -0.4 is 5.32 Å². The molecule has 3 unspecified atom stereocenters. The van der Waals surface area contributed by atoms with Crippen molar-refractivity contribution < 1.29 is 0 Å². The molecule has 0 aromatic carbocycles. The fourth-order valence-electron chi connectivity index (χ4n) is 2.57. The molecular weight excluding hydrogens is 240 g/mol. The van der Waals surface area contributed by atoms with Gasteiger partial charge in [-0.1, -0.05) is 0 Å². The van der Waals surface area contributed by atoms with E-state index >= 15 is 0 Å². The Morgan fingerprint density at radius 3 is 3.00 bits per heavy atom. The Hall–Kier alpha value is -0.570. The number of halogens is 1. The summed E-state index contributed by atoms with van der Waals surface area (Å²) in [6, 6.07) is 2.75. The monoisotopic (exact) mass is 252 g/mol. The minimum Gasteiger partial charge on any atom is -0.381 e. The van der Waals surface area contributed by atoms with Crippen LogP contribution in [0.5, 0.6) is 0 Å². The van der Waals surface area contributed by atoms with Crippen molar-refractivity contribution in [1.29, 1.82) is 0 Å². The number of anilines is 1. The molecule has 2 aliphatic carbocycles. The van der Waals surface area contributed by atoms with E-state index < -0.39 is 0 Å². The molecule has 2 fully saturated rings. The van der Waals surface area contributed by atoms with E-state index in [1.165, 1.54) is 24.9 Å². The molecular formula is C11H13BrN2. The minimum absolute atomic E-state index is 0.707. The van der Waals surface area contributed by atoms with E-state index in [-0.39, 0.29) is 0 Å². The molecule has 0 bridgehead atoms. The summed E-state index contributed by atoms with van der Waals surface area (Å²) in [6.45, 7) is 0. The molecule has 0 aliphatic heterocycles. The van der Waals surface area contributed by atoms with E-state index in [0.29, 0.717) is 6.04 Å². The van der Waals surface area contributed by atoms with Gasteiger partial charge in [0.1, 0.15) is 0 Å². The van der Waals surface area contributed by atoms with Crippen LogP contribution in [0.15, 0.2) is 22.9 Å². The van der Waals surface area contributed by atoms with Crippen molar-refractivity contribution >= 4 is 21.6 Å². The highest BCUT2D eigenvalue weighted by Gasteiger charge is 2.47. The van der Waals surface area contributed by atoms with Gasteiger partial charge in [0.2, 0.25) is 0 Å². The first kappa shape index (κ1) is 8.72. The molecule has 1 aromatic rings. The number of hydrogen-bond donors (Lipinski definition) is 1. The average Bonchev–Trinajstić information content (AvgIpc) is 2.87. The van der Waals surface area contributed by atoms with Crippen LogP contribution in [0, 0.1) is 11.8 Å². The molecule has 3 rings (SSSR count). The number of pyridine rings is 1. The summed E-state index contributed by atoms with van der Waals surface area (Å²) >= 11 is 3.51. The zero-order valence-electron chi connectivity index (χ0n) is 7.91. The Bertz CT molecular complexity index is 353. The molecule has 74 valence electrons. The predicted molar refractivity (Wildman–Crippen MR) is 60.2 cm³/mol. The van der Waals surface area contributed by atoms with Gasteiger partial charge >= 0.3 is 0 Å². The first-order valence-electron chi connectivity index (χ1n) is 5.20.